The Hall–Kier alpha value is -2.30. The molecule has 0 radical (unpaired) electrons. The van der Waals surface area contributed by atoms with Crippen molar-refractivity contribution >= 4 is 11.7 Å². The molecule has 0 fully saturated rings. The fraction of sp³-hybridized carbons (Fsp3) is 0.333. The molecule has 0 atom stereocenters. The van der Waals surface area contributed by atoms with E-state index in [0.717, 1.165) is 23.5 Å². The largest absolute Gasteiger partial charge is 0.465 e. The summed E-state index contributed by atoms with van der Waals surface area (Å²) in [4.78, 5) is 11.7. The molecule has 1 heterocycles. The number of esters is 1. The van der Waals surface area contributed by atoms with Crippen LogP contribution in [0.25, 0.3) is 0 Å². The van der Waals surface area contributed by atoms with Gasteiger partial charge in [0.05, 0.1) is 24.9 Å². The van der Waals surface area contributed by atoms with Gasteiger partial charge in [0.1, 0.15) is 0 Å². The van der Waals surface area contributed by atoms with Crippen LogP contribution in [0.3, 0.4) is 0 Å². The van der Waals surface area contributed by atoms with E-state index < -0.39 is 0 Å². The van der Waals surface area contributed by atoms with Crippen LogP contribution in [0.5, 0.6) is 0 Å². The highest BCUT2D eigenvalue weighted by Gasteiger charge is 2.11. The van der Waals surface area contributed by atoms with E-state index in [1.807, 2.05) is 29.8 Å². The van der Waals surface area contributed by atoms with E-state index in [4.69, 9.17) is 4.74 Å². The van der Waals surface area contributed by atoms with Gasteiger partial charge in [-0.05, 0) is 37.6 Å². The summed E-state index contributed by atoms with van der Waals surface area (Å²) < 4.78 is 6.72. The third-order valence-corrected chi connectivity index (χ3v) is 3.30. The van der Waals surface area contributed by atoms with Crippen molar-refractivity contribution in [1.29, 1.82) is 0 Å². The van der Waals surface area contributed by atoms with Crippen LogP contribution in [0.2, 0.25) is 0 Å². The Kier molecular flexibility index (Phi) is 4.40. The standard InChI is InChI=1S/C15H19N3O2/c1-4-18-12(8-9-17-18)10-16-14-7-5-6-13(11(14)2)15(19)20-3/h5-9,16H,4,10H2,1-3H3. The number of aromatic nitrogens is 2. The van der Waals surface area contributed by atoms with Crippen molar-refractivity contribution in [3.63, 3.8) is 0 Å². The maximum absolute atomic E-state index is 11.7. The van der Waals surface area contributed by atoms with Gasteiger partial charge < -0.3 is 10.1 Å². The van der Waals surface area contributed by atoms with Gasteiger partial charge in [-0.25, -0.2) is 4.79 Å². The molecule has 1 N–H and O–H groups in total. The first kappa shape index (κ1) is 14.1. The van der Waals surface area contributed by atoms with Gasteiger partial charge in [0, 0.05) is 18.4 Å². The van der Waals surface area contributed by atoms with E-state index >= 15 is 0 Å². The summed E-state index contributed by atoms with van der Waals surface area (Å²) in [6.07, 6.45) is 1.79. The lowest BCUT2D eigenvalue weighted by Crippen LogP contribution is -2.10. The molecule has 1 aromatic carbocycles. The molecule has 0 saturated carbocycles. The first-order chi connectivity index (χ1) is 9.67. The number of nitrogens with one attached hydrogen (secondary N) is 1. The van der Waals surface area contributed by atoms with Gasteiger partial charge in [-0.2, -0.15) is 5.10 Å². The quantitative estimate of drug-likeness (QED) is 0.851. The number of carbonyl (C=O) groups excluding carboxylic acids is 1. The Bertz CT molecular complexity index is 605. The van der Waals surface area contributed by atoms with E-state index in [1.165, 1.54) is 7.11 Å². The van der Waals surface area contributed by atoms with Gasteiger partial charge in [0.25, 0.3) is 0 Å². The number of hydrogen-bond donors (Lipinski definition) is 1. The summed E-state index contributed by atoms with van der Waals surface area (Å²) in [5.41, 5.74) is 3.51. The van der Waals surface area contributed by atoms with Crippen molar-refractivity contribution < 1.29 is 9.53 Å². The fourth-order valence-electron chi connectivity index (χ4n) is 2.14. The normalized spacial score (nSPS) is 10.3. The number of benzene rings is 1. The number of ether oxygens (including phenoxy) is 1. The van der Waals surface area contributed by atoms with Crippen molar-refractivity contribution in [2.45, 2.75) is 26.9 Å². The highest BCUT2D eigenvalue weighted by atomic mass is 16.5. The molecule has 0 aliphatic carbocycles. The monoisotopic (exact) mass is 273 g/mol. The van der Waals surface area contributed by atoms with Gasteiger partial charge >= 0.3 is 5.97 Å². The molecular weight excluding hydrogens is 254 g/mol. The van der Waals surface area contributed by atoms with E-state index in [1.54, 1.807) is 12.3 Å². The third kappa shape index (κ3) is 2.82. The molecule has 0 aliphatic rings. The predicted octanol–water partition coefficient (Wildman–Crippen LogP) is 2.61. The molecule has 5 heteroatoms. The third-order valence-electron chi connectivity index (χ3n) is 3.30. The molecule has 1 aromatic heterocycles. The van der Waals surface area contributed by atoms with Crippen LogP contribution in [-0.4, -0.2) is 22.9 Å². The zero-order valence-corrected chi connectivity index (χ0v) is 12.0. The van der Waals surface area contributed by atoms with Crippen molar-refractivity contribution in [2.24, 2.45) is 0 Å². The first-order valence-corrected chi connectivity index (χ1v) is 6.59. The van der Waals surface area contributed by atoms with Gasteiger partial charge in [0.2, 0.25) is 0 Å². The van der Waals surface area contributed by atoms with E-state index in [0.29, 0.717) is 12.1 Å². The molecule has 2 aromatic rings. The van der Waals surface area contributed by atoms with Crippen molar-refractivity contribution in [2.75, 3.05) is 12.4 Å². The summed E-state index contributed by atoms with van der Waals surface area (Å²) in [5, 5.41) is 7.57. The average molecular weight is 273 g/mol. The van der Waals surface area contributed by atoms with E-state index in [2.05, 4.69) is 17.3 Å². The van der Waals surface area contributed by atoms with Gasteiger partial charge in [-0.1, -0.05) is 6.07 Å². The second-order valence-electron chi connectivity index (χ2n) is 4.46. The molecule has 20 heavy (non-hydrogen) atoms. The lowest BCUT2D eigenvalue weighted by molar-refractivity contribution is 0.0600. The molecule has 0 saturated heterocycles. The fourth-order valence-corrected chi connectivity index (χ4v) is 2.14. The van der Waals surface area contributed by atoms with Crippen LogP contribution >= 0.6 is 0 Å². The minimum Gasteiger partial charge on any atom is -0.465 e. The Morgan fingerprint density at radius 2 is 2.20 bits per heavy atom. The maximum atomic E-state index is 11.7. The molecule has 0 bridgehead atoms. The molecule has 0 unspecified atom stereocenters. The number of aryl methyl sites for hydroxylation is 1. The van der Waals surface area contributed by atoms with Crippen molar-refractivity contribution in [3.05, 3.63) is 47.3 Å². The predicted molar refractivity (Wildman–Crippen MR) is 77.7 cm³/mol. The van der Waals surface area contributed by atoms with Crippen LogP contribution in [0.4, 0.5) is 5.69 Å². The van der Waals surface area contributed by atoms with Gasteiger partial charge in [-0.3, -0.25) is 4.68 Å². The van der Waals surface area contributed by atoms with Crippen molar-refractivity contribution in [3.8, 4) is 0 Å². The number of hydrogen-bond acceptors (Lipinski definition) is 4. The minimum absolute atomic E-state index is 0.315. The highest BCUT2D eigenvalue weighted by Crippen LogP contribution is 2.20. The number of nitrogens with zero attached hydrogens (tertiary/aromatic N) is 2. The molecule has 5 nitrogen and oxygen atoms in total. The second-order valence-corrected chi connectivity index (χ2v) is 4.46. The maximum Gasteiger partial charge on any atom is 0.338 e. The Morgan fingerprint density at radius 1 is 1.40 bits per heavy atom. The zero-order chi connectivity index (χ0) is 14.5. The summed E-state index contributed by atoms with van der Waals surface area (Å²) >= 11 is 0. The molecule has 0 amide bonds. The lowest BCUT2D eigenvalue weighted by atomic mass is 10.1. The summed E-state index contributed by atoms with van der Waals surface area (Å²) in [6, 6.07) is 7.55. The molecular formula is C15H19N3O2. The summed E-state index contributed by atoms with van der Waals surface area (Å²) in [6.45, 7) is 5.47. The van der Waals surface area contributed by atoms with Crippen molar-refractivity contribution in [1.82, 2.24) is 9.78 Å². The highest BCUT2D eigenvalue weighted by molar-refractivity contribution is 5.92. The lowest BCUT2D eigenvalue weighted by Gasteiger charge is -2.12. The molecule has 106 valence electrons. The van der Waals surface area contributed by atoms with E-state index in [9.17, 15) is 4.79 Å². The average Bonchev–Trinajstić information content (AvgIpc) is 2.93. The van der Waals surface area contributed by atoms with Gasteiger partial charge in [-0.15, -0.1) is 0 Å². The Balaban J connectivity index is 2.16. The second kappa shape index (κ2) is 6.23. The van der Waals surface area contributed by atoms with Crippen LogP contribution in [0, 0.1) is 6.92 Å². The topological polar surface area (TPSA) is 56.2 Å². The van der Waals surface area contributed by atoms with Crippen LogP contribution in [-0.2, 0) is 17.8 Å². The Labute approximate surface area is 118 Å². The van der Waals surface area contributed by atoms with Crippen LogP contribution in [0.1, 0.15) is 28.5 Å². The number of rotatable bonds is 5. The smallest absolute Gasteiger partial charge is 0.338 e. The first-order valence-electron chi connectivity index (χ1n) is 6.59. The summed E-state index contributed by atoms with van der Waals surface area (Å²) in [7, 11) is 1.39. The number of methoxy groups -OCH3 is 1. The minimum atomic E-state index is -0.315. The number of anilines is 1. The van der Waals surface area contributed by atoms with Crippen LogP contribution in [0.15, 0.2) is 30.5 Å². The van der Waals surface area contributed by atoms with E-state index in [-0.39, 0.29) is 5.97 Å². The van der Waals surface area contributed by atoms with Crippen LogP contribution < -0.4 is 5.32 Å². The molecule has 0 aliphatic heterocycles. The Morgan fingerprint density at radius 3 is 2.90 bits per heavy atom. The number of carbonyl (C=O) groups is 1. The molecule has 2 rings (SSSR count). The summed E-state index contributed by atoms with van der Waals surface area (Å²) in [5.74, 6) is -0.315. The molecule has 0 spiro atoms. The SMILES string of the molecule is CCn1nccc1CNc1cccc(C(=O)OC)c1C. The van der Waals surface area contributed by atoms with Gasteiger partial charge in [0.15, 0.2) is 0 Å². The zero-order valence-electron chi connectivity index (χ0n) is 12.0.